The van der Waals surface area contributed by atoms with Gasteiger partial charge in [-0.25, -0.2) is 5.43 Å². The first-order valence-corrected chi connectivity index (χ1v) is 8.16. The minimum atomic E-state index is -0.808. The largest absolute Gasteiger partial charge is 0.329 e. The first-order chi connectivity index (χ1) is 11.1. The fourth-order valence-corrected chi connectivity index (χ4v) is 2.25. The van der Waals surface area contributed by atoms with Gasteiger partial charge in [-0.2, -0.15) is 5.10 Å². The quantitative estimate of drug-likeness (QED) is 0.345. The molecule has 0 aliphatic rings. The van der Waals surface area contributed by atoms with Crippen LogP contribution in [0, 0.1) is 3.57 Å². The lowest BCUT2D eigenvalue weighted by Gasteiger charge is -2.08. The molecule has 0 bridgehead atoms. The average molecular weight is 421 g/mol. The molecule has 0 spiro atoms. The van der Waals surface area contributed by atoms with Gasteiger partial charge >= 0.3 is 11.8 Å². The summed E-state index contributed by atoms with van der Waals surface area (Å²) >= 11 is 2.20. The maximum atomic E-state index is 11.9. The third-order valence-electron chi connectivity index (χ3n) is 3.10. The van der Waals surface area contributed by atoms with Gasteiger partial charge < -0.3 is 5.32 Å². The number of halogens is 1. The van der Waals surface area contributed by atoms with Crippen molar-refractivity contribution in [3.8, 4) is 0 Å². The Kier molecular flexibility index (Phi) is 6.28. The lowest BCUT2D eigenvalue weighted by atomic mass is 10.1. The van der Waals surface area contributed by atoms with Gasteiger partial charge in [-0.1, -0.05) is 37.3 Å². The summed E-state index contributed by atoms with van der Waals surface area (Å²) in [6.45, 7) is 1.98. The average Bonchev–Trinajstić information content (AvgIpc) is 2.57. The molecule has 0 aliphatic carbocycles. The molecule has 0 aromatic heterocycles. The number of benzene rings is 2. The number of nitrogens with zero attached hydrogens (tertiary/aromatic N) is 1. The molecule has 5 nitrogen and oxygen atoms in total. The predicted molar refractivity (Wildman–Crippen MR) is 99.3 cm³/mol. The van der Waals surface area contributed by atoms with Crippen molar-refractivity contribution in [3.63, 3.8) is 0 Å². The van der Waals surface area contributed by atoms with Crippen LogP contribution < -0.4 is 10.7 Å². The fraction of sp³-hybridized carbons (Fsp3) is 0.118. The zero-order chi connectivity index (χ0) is 16.7. The third-order valence-corrected chi connectivity index (χ3v) is 3.82. The van der Waals surface area contributed by atoms with Gasteiger partial charge in [-0.3, -0.25) is 9.59 Å². The Balaban J connectivity index is 1.92. The summed E-state index contributed by atoms with van der Waals surface area (Å²) < 4.78 is 1.11. The van der Waals surface area contributed by atoms with E-state index < -0.39 is 11.8 Å². The van der Waals surface area contributed by atoms with E-state index in [4.69, 9.17) is 0 Å². The lowest BCUT2D eigenvalue weighted by molar-refractivity contribution is -0.136. The van der Waals surface area contributed by atoms with Crippen LogP contribution in [0.3, 0.4) is 0 Å². The van der Waals surface area contributed by atoms with Crippen LogP contribution in [0.1, 0.15) is 18.1 Å². The molecule has 0 radical (unpaired) electrons. The van der Waals surface area contributed by atoms with Crippen LogP contribution in [-0.4, -0.2) is 18.0 Å². The number of hydrogen-bond donors (Lipinski definition) is 2. The Morgan fingerprint density at radius 2 is 1.78 bits per heavy atom. The molecule has 0 fully saturated rings. The summed E-state index contributed by atoms with van der Waals surface area (Å²) in [7, 11) is 0. The molecule has 2 aromatic rings. The van der Waals surface area contributed by atoms with Gasteiger partial charge in [-0.05, 0) is 58.3 Å². The number of aryl methyl sites for hydroxylation is 1. The van der Waals surface area contributed by atoms with Crippen molar-refractivity contribution in [1.29, 1.82) is 0 Å². The zero-order valence-corrected chi connectivity index (χ0v) is 14.7. The number of carbonyl (C=O) groups excluding carboxylic acids is 2. The smallest absolute Gasteiger partial charge is 0.317 e. The van der Waals surface area contributed by atoms with Gasteiger partial charge in [0.05, 0.1) is 6.21 Å². The van der Waals surface area contributed by atoms with Crippen molar-refractivity contribution in [2.45, 2.75) is 13.3 Å². The number of nitrogens with one attached hydrogen (secondary N) is 2. The molecular weight excluding hydrogens is 405 g/mol. The number of rotatable bonds is 4. The van der Waals surface area contributed by atoms with Crippen molar-refractivity contribution >= 4 is 46.3 Å². The van der Waals surface area contributed by atoms with Crippen LogP contribution in [0.25, 0.3) is 0 Å². The first kappa shape index (κ1) is 17.1. The zero-order valence-electron chi connectivity index (χ0n) is 12.5. The minimum Gasteiger partial charge on any atom is -0.317 e. The highest BCUT2D eigenvalue weighted by Crippen LogP contribution is 2.15. The number of para-hydroxylation sites is 1. The van der Waals surface area contributed by atoms with E-state index in [0.717, 1.165) is 21.1 Å². The van der Waals surface area contributed by atoms with E-state index in [9.17, 15) is 9.59 Å². The van der Waals surface area contributed by atoms with Crippen molar-refractivity contribution in [3.05, 3.63) is 63.2 Å². The number of hydrogen-bond acceptors (Lipinski definition) is 3. The standard InChI is InChI=1S/C17H16IN3O2/c1-2-13-5-3-4-6-15(13)20-16(22)17(23)21-19-11-12-7-9-14(18)10-8-12/h3-11H,2H2,1H3,(H,20,22)(H,21,23). The maximum Gasteiger partial charge on any atom is 0.329 e. The number of hydrazone groups is 1. The summed E-state index contributed by atoms with van der Waals surface area (Å²) in [5.74, 6) is -1.55. The van der Waals surface area contributed by atoms with Crippen molar-refractivity contribution in [2.24, 2.45) is 5.10 Å². The van der Waals surface area contributed by atoms with Gasteiger partial charge in [0.25, 0.3) is 0 Å². The van der Waals surface area contributed by atoms with Gasteiger partial charge in [-0.15, -0.1) is 0 Å². The molecule has 0 aliphatic heterocycles. The molecule has 6 heteroatoms. The monoisotopic (exact) mass is 421 g/mol. The van der Waals surface area contributed by atoms with Crippen LogP contribution in [0.15, 0.2) is 53.6 Å². The van der Waals surface area contributed by atoms with Gasteiger partial charge in [0.15, 0.2) is 0 Å². The maximum absolute atomic E-state index is 11.9. The van der Waals surface area contributed by atoms with E-state index >= 15 is 0 Å². The number of carbonyl (C=O) groups is 2. The minimum absolute atomic E-state index is 0.636. The summed E-state index contributed by atoms with van der Waals surface area (Å²) in [5, 5.41) is 6.38. The second-order valence-electron chi connectivity index (χ2n) is 4.72. The lowest BCUT2D eigenvalue weighted by Crippen LogP contribution is -2.32. The van der Waals surface area contributed by atoms with Crippen molar-refractivity contribution in [1.82, 2.24) is 5.43 Å². The fourth-order valence-electron chi connectivity index (χ4n) is 1.89. The van der Waals surface area contributed by atoms with E-state index in [1.165, 1.54) is 6.21 Å². The van der Waals surface area contributed by atoms with Crippen LogP contribution >= 0.6 is 22.6 Å². The molecule has 0 saturated carbocycles. The SMILES string of the molecule is CCc1ccccc1NC(=O)C(=O)NN=Cc1ccc(I)cc1. The molecule has 2 aromatic carbocycles. The highest BCUT2D eigenvalue weighted by Gasteiger charge is 2.14. The molecule has 0 atom stereocenters. The molecule has 2 N–H and O–H groups in total. The van der Waals surface area contributed by atoms with E-state index in [2.05, 4.69) is 38.4 Å². The Morgan fingerprint density at radius 1 is 1.09 bits per heavy atom. The van der Waals surface area contributed by atoms with Crippen molar-refractivity contribution in [2.75, 3.05) is 5.32 Å². The third kappa shape index (κ3) is 5.17. The van der Waals surface area contributed by atoms with Crippen LogP contribution in [0.4, 0.5) is 5.69 Å². The number of amides is 2. The molecule has 0 saturated heterocycles. The molecule has 118 valence electrons. The number of anilines is 1. The van der Waals surface area contributed by atoms with E-state index in [-0.39, 0.29) is 0 Å². The molecule has 0 unspecified atom stereocenters. The topological polar surface area (TPSA) is 70.6 Å². The van der Waals surface area contributed by atoms with Crippen LogP contribution in [-0.2, 0) is 16.0 Å². The molecular formula is C17H16IN3O2. The summed E-state index contributed by atoms with van der Waals surface area (Å²) in [6, 6.07) is 15.0. The summed E-state index contributed by atoms with van der Waals surface area (Å²) in [4.78, 5) is 23.6. The summed E-state index contributed by atoms with van der Waals surface area (Å²) in [5.41, 5.74) is 4.66. The predicted octanol–water partition coefficient (Wildman–Crippen LogP) is 2.94. The molecule has 23 heavy (non-hydrogen) atoms. The van der Waals surface area contributed by atoms with Gasteiger partial charge in [0.2, 0.25) is 0 Å². The van der Waals surface area contributed by atoms with Crippen LogP contribution in [0.2, 0.25) is 0 Å². The Labute approximate surface area is 148 Å². The highest BCUT2D eigenvalue weighted by atomic mass is 127. The Hall–Kier alpha value is -2.22. The Morgan fingerprint density at radius 3 is 2.48 bits per heavy atom. The van der Waals surface area contributed by atoms with E-state index in [1.807, 2.05) is 49.4 Å². The Bertz CT molecular complexity index is 727. The van der Waals surface area contributed by atoms with Crippen molar-refractivity contribution < 1.29 is 9.59 Å². The molecule has 0 heterocycles. The molecule has 2 rings (SSSR count). The van der Waals surface area contributed by atoms with Gasteiger partial charge in [0, 0.05) is 9.26 Å². The van der Waals surface area contributed by atoms with Gasteiger partial charge in [0.1, 0.15) is 0 Å². The second kappa shape index (κ2) is 8.42. The van der Waals surface area contributed by atoms with E-state index in [1.54, 1.807) is 6.07 Å². The van der Waals surface area contributed by atoms with Crippen LogP contribution in [0.5, 0.6) is 0 Å². The molecule has 2 amide bonds. The normalized spacial score (nSPS) is 10.5. The highest BCUT2D eigenvalue weighted by molar-refractivity contribution is 14.1. The second-order valence-corrected chi connectivity index (χ2v) is 5.96. The first-order valence-electron chi connectivity index (χ1n) is 7.08. The van der Waals surface area contributed by atoms with E-state index in [0.29, 0.717) is 5.69 Å². The summed E-state index contributed by atoms with van der Waals surface area (Å²) in [6.07, 6.45) is 2.25.